The average molecular weight is 460 g/mol. The highest BCUT2D eigenvalue weighted by Gasteiger charge is 2.74. The van der Waals surface area contributed by atoms with Crippen LogP contribution < -0.4 is 10.2 Å². The molecule has 5 atom stereocenters. The molecule has 1 spiro atoms. The van der Waals surface area contributed by atoms with Crippen molar-refractivity contribution in [1.82, 2.24) is 4.90 Å². The molecule has 180 valence electrons. The van der Waals surface area contributed by atoms with Crippen molar-refractivity contribution in [2.75, 3.05) is 43.1 Å². The smallest absolute Gasteiger partial charge is 0.312 e. The second-order valence-electron chi connectivity index (χ2n) is 8.77. The van der Waals surface area contributed by atoms with Crippen LogP contribution in [0.2, 0.25) is 0 Å². The molecule has 2 amide bonds. The van der Waals surface area contributed by atoms with Crippen LogP contribution in [0.3, 0.4) is 0 Å². The van der Waals surface area contributed by atoms with Crippen molar-refractivity contribution in [2.24, 2.45) is 11.8 Å². The molecule has 1 aromatic carbocycles. The third kappa shape index (κ3) is 3.77. The van der Waals surface area contributed by atoms with Gasteiger partial charge in [0.05, 0.1) is 31.2 Å². The highest BCUT2D eigenvalue weighted by atomic mass is 16.6. The quantitative estimate of drug-likeness (QED) is 0.538. The van der Waals surface area contributed by atoms with Crippen molar-refractivity contribution in [3.8, 4) is 0 Å². The third-order valence-electron chi connectivity index (χ3n) is 7.21. The number of carbonyl (C=O) groups excluding carboxylic acids is 3. The minimum atomic E-state index is -1.08. The summed E-state index contributed by atoms with van der Waals surface area (Å²) in [6.07, 6.45) is 0.658. The van der Waals surface area contributed by atoms with E-state index >= 15 is 0 Å². The molecule has 9 heteroatoms. The van der Waals surface area contributed by atoms with Crippen LogP contribution in [0.15, 0.2) is 24.3 Å². The summed E-state index contributed by atoms with van der Waals surface area (Å²) in [7, 11) is 0. The van der Waals surface area contributed by atoms with E-state index in [1.54, 1.807) is 6.92 Å². The molecule has 3 heterocycles. The zero-order valence-electron chi connectivity index (χ0n) is 19.5. The number of hydrogen-bond acceptors (Lipinski definition) is 7. The summed E-state index contributed by atoms with van der Waals surface area (Å²) in [6, 6.07) is 6.64. The van der Waals surface area contributed by atoms with Gasteiger partial charge in [0.15, 0.2) is 0 Å². The number of nitrogens with one attached hydrogen (secondary N) is 1. The van der Waals surface area contributed by atoms with Crippen molar-refractivity contribution < 1.29 is 29.0 Å². The van der Waals surface area contributed by atoms with E-state index in [9.17, 15) is 19.5 Å². The summed E-state index contributed by atoms with van der Waals surface area (Å²) in [5.74, 6) is -2.66. The van der Waals surface area contributed by atoms with Gasteiger partial charge in [-0.2, -0.15) is 0 Å². The lowest BCUT2D eigenvalue weighted by atomic mass is 9.71. The van der Waals surface area contributed by atoms with Crippen LogP contribution in [0.5, 0.6) is 0 Å². The summed E-state index contributed by atoms with van der Waals surface area (Å²) in [5, 5.41) is 12.5. The fraction of sp³-hybridized carbons (Fsp3) is 0.625. The molecule has 3 fully saturated rings. The molecular weight excluding hydrogens is 426 g/mol. The number of aliphatic hydroxyl groups is 1. The lowest BCUT2D eigenvalue weighted by Crippen LogP contribution is -2.53. The van der Waals surface area contributed by atoms with E-state index in [1.807, 2.05) is 24.3 Å². The van der Waals surface area contributed by atoms with Crippen LogP contribution in [-0.4, -0.2) is 78.4 Å². The minimum absolute atomic E-state index is 0.000357. The van der Waals surface area contributed by atoms with E-state index in [-0.39, 0.29) is 31.6 Å². The number of anilines is 2. The maximum Gasteiger partial charge on any atom is 0.312 e. The Bertz CT molecular complexity index is 902. The molecule has 0 radical (unpaired) electrons. The van der Waals surface area contributed by atoms with Crippen molar-refractivity contribution in [3.63, 3.8) is 0 Å². The van der Waals surface area contributed by atoms with Crippen LogP contribution in [0.4, 0.5) is 11.4 Å². The SMILES string of the molecule is CCOC(=O)[C@@H]1[C@H]2C(=O)N(CCO)[C@H](C(=O)Nc3ccc(N(CC)CC)cc3)[C@]23CC[C@H]1O3. The number of fused-ring (bicyclic) bond motifs is 1. The minimum Gasteiger partial charge on any atom is -0.466 e. The number of hydrogen-bond donors (Lipinski definition) is 2. The fourth-order valence-corrected chi connectivity index (χ4v) is 5.86. The molecule has 1 aromatic rings. The topological polar surface area (TPSA) is 108 Å². The predicted octanol–water partition coefficient (Wildman–Crippen LogP) is 1.40. The van der Waals surface area contributed by atoms with Gasteiger partial charge in [0, 0.05) is 31.0 Å². The molecule has 0 aromatic heterocycles. The Morgan fingerprint density at radius 1 is 1.24 bits per heavy atom. The van der Waals surface area contributed by atoms with Crippen LogP contribution in [0.1, 0.15) is 33.6 Å². The van der Waals surface area contributed by atoms with Gasteiger partial charge in [0.1, 0.15) is 11.6 Å². The van der Waals surface area contributed by atoms with Gasteiger partial charge >= 0.3 is 5.97 Å². The molecule has 3 saturated heterocycles. The lowest BCUT2D eigenvalue weighted by molar-refractivity contribution is -0.154. The monoisotopic (exact) mass is 459 g/mol. The Kier molecular flexibility index (Phi) is 6.63. The number of aliphatic hydroxyl groups excluding tert-OH is 1. The standard InChI is InChI=1S/C24H33N3O6/c1-4-26(5-2)16-9-7-15(8-10-16)25-21(29)20-24-12-11-17(33-24)18(23(31)32-6-3)19(24)22(30)27(20)13-14-28/h7-10,17-20,28H,4-6,11-14H2,1-3H3,(H,25,29)/t17-,18+,19+,20-,24+/m1/s1. The van der Waals surface area contributed by atoms with Crippen LogP contribution in [0, 0.1) is 11.8 Å². The fourth-order valence-electron chi connectivity index (χ4n) is 5.86. The molecule has 0 unspecified atom stereocenters. The van der Waals surface area contributed by atoms with Gasteiger partial charge in [0.2, 0.25) is 11.8 Å². The number of benzene rings is 1. The van der Waals surface area contributed by atoms with Crippen molar-refractivity contribution in [3.05, 3.63) is 24.3 Å². The second kappa shape index (κ2) is 9.30. The van der Waals surface area contributed by atoms with E-state index < -0.39 is 35.6 Å². The first-order valence-electron chi connectivity index (χ1n) is 11.8. The maximum atomic E-state index is 13.5. The van der Waals surface area contributed by atoms with Crippen LogP contribution in [0.25, 0.3) is 0 Å². The molecule has 9 nitrogen and oxygen atoms in total. The summed E-state index contributed by atoms with van der Waals surface area (Å²) in [4.78, 5) is 43.1. The molecule has 3 aliphatic rings. The number of nitrogens with zero attached hydrogens (tertiary/aromatic N) is 2. The van der Waals surface area contributed by atoms with E-state index in [4.69, 9.17) is 9.47 Å². The van der Waals surface area contributed by atoms with Gasteiger partial charge in [-0.05, 0) is 57.9 Å². The van der Waals surface area contributed by atoms with E-state index in [0.717, 1.165) is 18.8 Å². The number of amides is 2. The van der Waals surface area contributed by atoms with Crippen molar-refractivity contribution >= 4 is 29.2 Å². The largest absolute Gasteiger partial charge is 0.466 e. The van der Waals surface area contributed by atoms with Gasteiger partial charge in [-0.15, -0.1) is 0 Å². The predicted molar refractivity (Wildman–Crippen MR) is 122 cm³/mol. The second-order valence-corrected chi connectivity index (χ2v) is 8.77. The summed E-state index contributed by atoms with van der Waals surface area (Å²) < 4.78 is 11.5. The van der Waals surface area contributed by atoms with Crippen molar-refractivity contribution in [1.29, 1.82) is 0 Å². The van der Waals surface area contributed by atoms with E-state index in [0.29, 0.717) is 18.5 Å². The van der Waals surface area contributed by atoms with Crippen LogP contribution in [-0.2, 0) is 23.9 Å². The molecule has 3 aliphatic heterocycles. The lowest BCUT2D eigenvalue weighted by Gasteiger charge is -2.33. The van der Waals surface area contributed by atoms with Gasteiger partial charge in [-0.1, -0.05) is 0 Å². The normalized spacial score (nSPS) is 29.8. The maximum absolute atomic E-state index is 13.5. The molecule has 0 saturated carbocycles. The number of rotatable bonds is 9. The Balaban J connectivity index is 1.60. The van der Waals surface area contributed by atoms with Gasteiger partial charge in [0.25, 0.3) is 0 Å². The summed E-state index contributed by atoms with van der Waals surface area (Å²) >= 11 is 0. The molecule has 2 bridgehead atoms. The molecule has 0 aliphatic carbocycles. The van der Waals surface area contributed by atoms with E-state index in [1.165, 1.54) is 4.90 Å². The summed E-state index contributed by atoms with van der Waals surface area (Å²) in [5.41, 5.74) is 0.589. The Labute approximate surface area is 194 Å². The Hall–Kier alpha value is -2.65. The first-order chi connectivity index (χ1) is 15.9. The van der Waals surface area contributed by atoms with Gasteiger partial charge in [-0.3, -0.25) is 14.4 Å². The molecule has 4 rings (SSSR count). The molecule has 33 heavy (non-hydrogen) atoms. The number of β-amino-alcohol motifs (C(OH)–C–C–N with tert-alkyl or cyclic N) is 1. The van der Waals surface area contributed by atoms with Crippen molar-refractivity contribution in [2.45, 2.75) is 51.4 Å². The zero-order valence-corrected chi connectivity index (χ0v) is 19.5. The first-order valence-corrected chi connectivity index (χ1v) is 11.8. The average Bonchev–Trinajstić information content (AvgIpc) is 3.44. The highest BCUT2D eigenvalue weighted by Crippen LogP contribution is 2.58. The number of likely N-dealkylation sites (tertiary alicyclic amines) is 1. The number of esters is 1. The van der Waals surface area contributed by atoms with Gasteiger partial charge in [-0.25, -0.2) is 0 Å². The Morgan fingerprint density at radius 2 is 1.94 bits per heavy atom. The molecule has 2 N–H and O–H groups in total. The number of carbonyl (C=O) groups is 3. The zero-order chi connectivity index (χ0) is 23.8. The first kappa shape index (κ1) is 23.5. The van der Waals surface area contributed by atoms with Crippen LogP contribution >= 0.6 is 0 Å². The number of ether oxygens (including phenoxy) is 2. The summed E-state index contributed by atoms with van der Waals surface area (Å²) in [6.45, 7) is 7.58. The van der Waals surface area contributed by atoms with Gasteiger partial charge < -0.3 is 29.7 Å². The van der Waals surface area contributed by atoms with E-state index in [2.05, 4.69) is 24.1 Å². The highest BCUT2D eigenvalue weighted by molar-refractivity contribution is 6.03. The molecular formula is C24H33N3O6. The third-order valence-corrected chi connectivity index (χ3v) is 7.21. The Morgan fingerprint density at radius 3 is 2.55 bits per heavy atom.